The van der Waals surface area contributed by atoms with Gasteiger partial charge in [0, 0.05) is 18.4 Å². The van der Waals surface area contributed by atoms with Gasteiger partial charge in [0.15, 0.2) is 5.03 Å². The van der Waals surface area contributed by atoms with E-state index in [-0.39, 0.29) is 11.4 Å². The number of rotatable bonds is 6. The molecule has 2 N–H and O–H groups in total. The van der Waals surface area contributed by atoms with Gasteiger partial charge < -0.3 is 9.67 Å². The van der Waals surface area contributed by atoms with E-state index in [0.717, 1.165) is 0 Å². The minimum atomic E-state index is -3.78. The maximum absolute atomic E-state index is 12.2. The molecule has 2 aromatic rings. The van der Waals surface area contributed by atoms with Gasteiger partial charge in [-0.05, 0) is 24.6 Å². The van der Waals surface area contributed by atoms with Crippen molar-refractivity contribution in [3.63, 3.8) is 0 Å². The molecule has 0 aliphatic carbocycles. The van der Waals surface area contributed by atoms with Crippen molar-refractivity contribution in [2.24, 2.45) is 0 Å². The molecule has 0 spiro atoms. The van der Waals surface area contributed by atoms with Gasteiger partial charge in [-0.3, -0.25) is 9.52 Å². The molecule has 0 bridgehead atoms. The number of aromatic nitrogens is 2. The molecule has 0 saturated heterocycles. The number of carboxylic acids is 1. The summed E-state index contributed by atoms with van der Waals surface area (Å²) in [5.74, 6) is -0.975. The molecule has 0 radical (unpaired) electrons. The highest BCUT2D eigenvalue weighted by molar-refractivity contribution is 7.92. The van der Waals surface area contributed by atoms with Gasteiger partial charge in [-0.15, -0.1) is 0 Å². The average molecular weight is 309 g/mol. The number of hydrogen-bond acceptors (Lipinski definition) is 4. The third-order valence-electron chi connectivity index (χ3n) is 2.78. The van der Waals surface area contributed by atoms with Crippen LogP contribution in [0.15, 0.2) is 41.8 Å². The Balaban J connectivity index is 2.22. The van der Waals surface area contributed by atoms with E-state index in [4.69, 9.17) is 5.11 Å². The van der Waals surface area contributed by atoms with Crippen molar-refractivity contribution in [1.29, 1.82) is 0 Å². The first kappa shape index (κ1) is 15.0. The number of aliphatic carboxylic acids is 1. The fourth-order valence-electron chi connectivity index (χ4n) is 1.78. The Kier molecular flexibility index (Phi) is 4.27. The normalized spacial score (nSPS) is 11.3. The van der Waals surface area contributed by atoms with Crippen LogP contribution in [0.2, 0.25) is 0 Å². The van der Waals surface area contributed by atoms with Crippen molar-refractivity contribution in [2.75, 3.05) is 4.72 Å². The third kappa shape index (κ3) is 3.82. The Morgan fingerprint density at radius 1 is 1.43 bits per heavy atom. The number of carboxylic acid groups (broad SMARTS) is 1. The van der Waals surface area contributed by atoms with Gasteiger partial charge in [-0.1, -0.05) is 12.1 Å². The van der Waals surface area contributed by atoms with Crippen LogP contribution in [-0.2, 0) is 27.8 Å². The molecule has 0 atom stereocenters. The fourth-order valence-corrected chi connectivity index (χ4v) is 2.78. The van der Waals surface area contributed by atoms with Gasteiger partial charge in [0.1, 0.15) is 0 Å². The lowest BCUT2D eigenvalue weighted by Gasteiger charge is -2.07. The molecular formula is C13H15N3O4S. The van der Waals surface area contributed by atoms with Crippen LogP contribution in [0, 0.1) is 0 Å². The van der Waals surface area contributed by atoms with Crippen molar-refractivity contribution in [2.45, 2.75) is 24.9 Å². The highest BCUT2D eigenvalue weighted by Crippen LogP contribution is 2.16. The van der Waals surface area contributed by atoms with Crippen molar-refractivity contribution in [3.05, 3.63) is 42.4 Å². The monoisotopic (exact) mass is 309 g/mol. The SMILES string of the molecule is CCn1cnc(S(=O)(=O)Nc2cccc(CC(=O)O)c2)c1. The lowest BCUT2D eigenvalue weighted by molar-refractivity contribution is -0.136. The molecule has 0 aliphatic heterocycles. The highest BCUT2D eigenvalue weighted by atomic mass is 32.2. The predicted octanol–water partition coefficient (Wildman–Crippen LogP) is 1.33. The highest BCUT2D eigenvalue weighted by Gasteiger charge is 2.17. The number of hydrogen-bond donors (Lipinski definition) is 2. The van der Waals surface area contributed by atoms with Gasteiger partial charge in [-0.2, -0.15) is 8.42 Å². The van der Waals surface area contributed by atoms with E-state index in [1.165, 1.54) is 18.6 Å². The van der Waals surface area contributed by atoms with Crippen LogP contribution in [0.25, 0.3) is 0 Å². The van der Waals surface area contributed by atoms with Crippen LogP contribution in [0.3, 0.4) is 0 Å². The standard InChI is InChI=1S/C13H15N3O4S/c1-2-16-8-12(14-9-16)21(19,20)15-11-5-3-4-10(6-11)7-13(17)18/h3-6,8-9,15H,2,7H2,1H3,(H,17,18). The number of nitrogens with one attached hydrogen (secondary N) is 1. The summed E-state index contributed by atoms with van der Waals surface area (Å²) < 4.78 is 28.4. The van der Waals surface area contributed by atoms with Crippen LogP contribution in [0.5, 0.6) is 0 Å². The summed E-state index contributed by atoms with van der Waals surface area (Å²) in [5.41, 5.74) is 0.821. The summed E-state index contributed by atoms with van der Waals surface area (Å²) >= 11 is 0. The first-order valence-electron chi connectivity index (χ1n) is 6.26. The molecule has 0 saturated carbocycles. The number of carbonyl (C=O) groups is 1. The molecule has 1 heterocycles. The smallest absolute Gasteiger partial charge is 0.307 e. The molecule has 1 aromatic heterocycles. The Bertz CT molecular complexity index is 752. The number of sulfonamides is 1. The van der Waals surface area contributed by atoms with Crippen LogP contribution >= 0.6 is 0 Å². The van der Waals surface area contributed by atoms with Crippen molar-refractivity contribution < 1.29 is 18.3 Å². The molecule has 7 nitrogen and oxygen atoms in total. The van der Waals surface area contributed by atoms with Crippen LogP contribution in [0.4, 0.5) is 5.69 Å². The Hall–Kier alpha value is -2.35. The Labute approximate surface area is 122 Å². The lowest BCUT2D eigenvalue weighted by Crippen LogP contribution is -2.13. The van der Waals surface area contributed by atoms with E-state index in [1.807, 2.05) is 6.92 Å². The largest absolute Gasteiger partial charge is 0.481 e. The average Bonchev–Trinajstić information content (AvgIpc) is 2.87. The first-order chi connectivity index (χ1) is 9.90. The molecule has 0 aliphatic rings. The Morgan fingerprint density at radius 2 is 2.19 bits per heavy atom. The Morgan fingerprint density at radius 3 is 2.81 bits per heavy atom. The van der Waals surface area contributed by atoms with Crippen molar-refractivity contribution in [3.8, 4) is 0 Å². The first-order valence-corrected chi connectivity index (χ1v) is 7.74. The van der Waals surface area contributed by atoms with Gasteiger partial charge in [0.2, 0.25) is 0 Å². The molecule has 21 heavy (non-hydrogen) atoms. The van der Waals surface area contributed by atoms with Crippen LogP contribution in [-0.4, -0.2) is 29.0 Å². The number of nitrogens with zero attached hydrogens (tertiary/aromatic N) is 2. The maximum Gasteiger partial charge on any atom is 0.307 e. The molecule has 1 aromatic carbocycles. The maximum atomic E-state index is 12.2. The summed E-state index contributed by atoms with van der Waals surface area (Å²) in [7, 11) is -3.78. The molecule has 8 heteroatoms. The molecule has 2 rings (SSSR count). The summed E-state index contributed by atoms with van der Waals surface area (Å²) in [6.45, 7) is 2.50. The summed E-state index contributed by atoms with van der Waals surface area (Å²) in [6, 6.07) is 6.26. The van der Waals surface area contributed by atoms with E-state index in [1.54, 1.807) is 22.8 Å². The molecule has 0 amide bonds. The number of imidazole rings is 1. The van der Waals surface area contributed by atoms with E-state index in [9.17, 15) is 13.2 Å². The number of anilines is 1. The van der Waals surface area contributed by atoms with E-state index >= 15 is 0 Å². The van der Waals surface area contributed by atoms with Gasteiger partial charge >= 0.3 is 5.97 Å². The van der Waals surface area contributed by atoms with E-state index < -0.39 is 16.0 Å². The lowest BCUT2D eigenvalue weighted by atomic mass is 10.1. The van der Waals surface area contributed by atoms with Crippen LogP contribution in [0.1, 0.15) is 12.5 Å². The minimum Gasteiger partial charge on any atom is -0.481 e. The second-order valence-corrected chi connectivity index (χ2v) is 6.05. The second-order valence-electron chi connectivity index (χ2n) is 4.42. The quantitative estimate of drug-likeness (QED) is 0.838. The van der Waals surface area contributed by atoms with Gasteiger partial charge in [0.05, 0.1) is 12.7 Å². The summed E-state index contributed by atoms with van der Waals surface area (Å²) in [4.78, 5) is 14.5. The summed E-state index contributed by atoms with van der Waals surface area (Å²) in [5, 5.41) is 8.67. The number of benzene rings is 1. The van der Waals surface area contributed by atoms with E-state index in [0.29, 0.717) is 17.8 Å². The third-order valence-corrected chi connectivity index (χ3v) is 4.05. The predicted molar refractivity (Wildman–Crippen MR) is 76.5 cm³/mol. The molecule has 0 fully saturated rings. The van der Waals surface area contributed by atoms with Crippen molar-refractivity contribution >= 4 is 21.7 Å². The second kappa shape index (κ2) is 5.96. The van der Waals surface area contributed by atoms with E-state index in [2.05, 4.69) is 9.71 Å². The minimum absolute atomic E-state index is 0.0759. The zero-order valence-corrected chi connectivity index (χ0v) is 12.2. The topological polar surface area (TPSA) is 101 Å². The molecule has 112 valence electrons. The van der Waals surface area contributed by atoms with Gasteiger partial charge in [0.25, 0.3) is 10.0 Å². The number of aryl methyl sites for hydroxylation is 1. The summed E-state index contributed by atoms with van der Waals surface area (Å²) in [6.07, 6.45) is 2.71. The molecular weight excluding hydrogens is 294 g/mol. The molecule has 0 unspecified atom stereocenters. The van der Waals surface area contributed by atoms with Crippen molar-refractivity contribution in [1.82, 2.24) is 9.55 Å². The van der Waals surface area contributed by atoms with Gasteiger partial charge in [-0.25, -0.2) is 4.98 Å². The van der Waals surface area contributed by atoms with Crippen LogP contribution < -0.4 is 4.72 Å². The zero-order valence-electron chi connectivity index (χ0n) is 11.4. The fraction of sp³-hybridized carbons (Fsp3) is 0.231. The zero-order chi connectivity index (χ0) is 15.5.